The van der Waals surface area contributed by atoms with Crippen LogP contribution < -0.4 is 10.6 Å². The van der Waals surface area contributed by atoms with E-state index in [-0.39, 0.29) is 18.0 Å². The van der Waals surface area contributed by atoms with Gasteiger partial charge in [-0.2, -0.15) is 4.98 Å². The number of carbonyl (C=O) groups is 1. The van der Waals surface area contributed by atoms with Crippen LogP contribution in [-0.2, 0) is 4.79 Å². The highest BCUT2D eigenvalue weighted by Crippen LogP contribution is 2.18. The fourth-order valence-electron chi connectivity index (χ4n) is 1.65. The van der Waals surface area contributed by atoms with Crippen LogP contribution in [-0.4, -0.2) is 23.0 Å². The van der Waals surface area contributed by atoms with Gasteiger partial charge in [-0.25, -0.2) is 0 Å². The van der Waals surface area contributed by atoms with Crippen molar-refractivity contribution < 1.29 is 9.21 Å². The second-order valence-corrected chi connectivity index (χ2v) is 4.67. The van der Waals surface area contributed by atoms with Crippen molar-refractivity contribution >= 4 is 23.0 Å². The van der Waals surface area contributed by atoms with E-state index in [1.807, 2.05) is 38.1 Å². The summed E-state index contributed by atoms with van der Waals surface area (Å²) >= 11 is 0. The molecule has 0 aliphatic rings. The van der Waals surface area contributed by atoms with Crippen molar-refractivity contribution in [3.8, 4) is 0 Å². The van der Waals surface area contributed by atoms with Crippen molar-refractivity contribution in [3.05, 3.63) is 24.3 Å². The van der Waals surface area contributed by atoms with Crippen molar-refractivity contribution in [1.82, 2.24) is 10.3 Å². The first-order valence-corrected chi connectivity index (χ1v) is 6.52. The predicted octanol–water partition coefficient (Wildman–Crippen LogP) is 2.54. The molecule has 0 spiro atoms. The lowest BCUT2D eigenvalue weighted by Gasteiger charge is -2.16. The molecule has 0 radical (unpaired) electrons. The van der Waals surface area contributed by atoms with Crippen LogP contribution in [0.25, 0.3) is 11.1 Å². The molecule has 102 valence electrons. The average Bonchev–Trinajstić information content (AvgIpc) is 2.80. The van der Waals surface area contributed by atoms with Gasteiger partial charge in [-0.15, -0.1) is 0 Å². The molecule has 0 bridgehead atoms. The summed E-state index contributed by atoms with van der Waals surface area (Å²) in [7, 11) is 0. The summed E-state index contributed by atoms with van der Waals surface area (Å²) in [6.07, 6.45) is 0.904. The fraction of sp³-hybridized carbons (Fsp3) is 0.429. The number of oxazole rings is 1. The second kappa shape index (κ2) is 5.73. The summed E-state index contributed by atoms with van der Waals surface area (Å²) in [5.41, 5.74) is 1.49. The lowest BCUT2D eigenvalue weighted by atomic mass is 10.2. The van der Waals surface area contributed by atoms with Crippen LogP contribution in [0.15, 0.2) is 28.7 Å². The number of benzene rings is 1. The molecule has 2 atom stereocenters. The Morgan fingerprint density at radius 3 is 2.79 bits per heavy atom. The smallest absolute Gasteiger partial charge is 0.296 e. The number of rotatable bonds is 5. The number of amides is 1. The van der Waals surface area contributed by atoms with Gasteiger partial charge in [0.2, 0.25) is 5.91 Å². The standard InChI is InChI=1S/C14H19N3O2/c1-4-9(2)15-13(18)10(3)16-14-17-11-7-5-6-8-12(11)19-14/h5-10H,4H2,1-3H3,(H,15,18)(H,16,17). The average molecular weight is 261 g/mol. The Bertz CT molecular complexity index is 532. The molecule has 0 fully saturated rings. The Hall–Kier alpha value is -2.04. The summed E-state index contributed by atoms with van der Waals surface area (Å²) in [5.74, 6) is -0.0587. The first kappa shape index (κ1) is 13.4. The zero-order valence-electron chi connectivity index (χ0n) is 11.4. The van der Waals surface area contributed by atoms with E-state index >= 15 is 0 Å². The molecule has 2 aromatic rings. The van der Waals surface area contributed by atoms with E-state index < -0.39 is 0 Å². The lowest BCUT2D eigenvalue weighted by molar-refractivity contribution is -0.122. The summed E-state index contributed by atoms with van der Waals surface area (Å²) in [4.78, 5) is 16.2. The van der Waals surface area contributed by atoms with Gasteiger partial charge >= 0.3 is 0 Å². The number of hydrogen-bond donors (Lipinski definition) is 2. The van der Waals surface area contributed by atoms with Crippen molar-refractivity contribution in [2.45, 2.75) is 39.3 Å². The van der Waals surface area contributed by atoms with Crippen molar-refractivity contribution in [1.29, 1.82) is 0 Å². The van der Waals surface area contributed by atoms with E-state index in [9.17, 15) is 4.79 Å². The van der Waals surface area contributed by atoms with E-state index in [0.29, 0.717) is 11.6 Å². The Labute approximate surface area is 112 Å². The Morgan fingerprint density at radius 2 is 2.11 bits per heavy atom. The maximum absolute atomic E-state index is 11.9. The highest BCUT2D eigenvalue weighted by molar-refractivity contribution is 5.84. The molecule has 0 saturated carbocycles. The number of para-hydroxylation sites is 2. The van der Waals surface area contributed by atoms with Crippen molar-refractivity contribution in [2.24, 2.45) is 0 Å². The molecule has 2 unspecified atom stereocenters. The summed E-state index contributed by atoms with van der Waals surface area (Å²) in [6, 6.07) is 7.64. The summed E-state index contributed by atoms with van der Waals surface area (Å²) < 4.78 is 5.52. The molecule has 2 rings (SSSR count). The van der Waals surface area contributed by atoms with Crippen LogP contribution in [0.1, 0.15) is 27.2 Å². The Kier molecular flexibility index (Phi) is 4.04. The second-order valence-electron chi connectivity index (χ2n) is 4.67. The molecule has 5 nitrogen and oxygen atoms in total. The van der Waals surface area contributed by atoms with Gasteiger partial charge in [-0.3, -0.25) is 4.79 Å². The maximum Gasteiger partial charge on any atom is 0.296 e. The quantitative estimate of drug-likeness (QED) is 0.868. The molecule has 0 aliphatic carbocycles. The van der Waals surface area contributed by atoms with E-state index in [2.05, 4.69) is 15.6 Å². The molecule has 1 amide bonds. The molecule has 0 aliphatic heterocycles. The van der Waals surface area contributed by atoms with Gasteiger partial charge in [-0.1, -0.05) is 19.1 Å². The number of fused-ring (bicyclic) bond motifs is 1. The number of anilines is 1. The first-order chi connectivity index (χ1) is 9.10. The zero-order valence-corrected chi connectivity index (χ0v) is 11.4. The van der Waals surface area contributed by atoms with Crippen molar-refractivity contribution in [2.75, 3.05) is 5.32 Å². The van der Waals surface area contributed by atoms with Gasteiger partial charge in [-0.05, 0) is 32.4 Å². The largest absolute Gasteiger partial charge is 0.424 e. The molecule has 1 aromatic heterocycles. The number of hydrogen-bond acceptors (Lipinski definition) is 4. The van der Waals surface area contributed by atoms with Gasteiger partial charge < -0.3 is 15.1 Å². The van der Waals surface area contributed by atoms with Crippen LogP contribution in [0.3, 0.4) is 0 Å². The third-order valence-electron chi connectivity index (χ3n) is 3.03. The van der Waals surface area contributed by atoms with E-state index in [0.717, 1.165) is 11.9 Å². The van der Waals surface area contributed by atoms with Gasteiger partial charge in [0.1, 0.15) is 11.6 Å². The number of nitrogens with one attached hydrogen (secondary N) is 2. The minimum absolute atomic E-state index is 0.0587. The molecule has 1 aromatic carbocycles. The number of aromatic nitrogens is 1. The van der Waals surface area contributed by atoms with E-state index in [1.165, 1.54) is 0 Å². The van der Waals surface area contributed by atoms with Crippen LogP contribution >= 0.6 is 0 Å². The molecule has 19 heavy (non-hydrogen) atoms. The molecule has 5 heteroatoms. The van der Waals surface area contributed by atoms with E-state index in [4.69, 9.17) is 4.42 Å². The Morgan fingerprint density at radius 1 is 1.37 bits per heavy atom. The third kappa shape index (κ3) is 3.24. The Balaban J connectivity index is 2.01. The normalized spacial score (nSPS) is 14.1. The minimum Gasteiger partial charge on any atom is -0.424 e. The van der Waals surface area contributed by atoms with Gasteiger partial charge in [0.15, 0.2) is 5.58 Å². The fourth-order valence-corrected chi connectivity index (χ4v) is 1.65. The van der Waals surface area contributed by atoms with Gasteiger partial charge in [0.05, 0.1) is 0 Å². The lowest BCUT2D eigenvalue weighted by Crippen LogP contribution is -2.41. The summed E-state index contributed by atoms with van der Waals surface area (Å²) in [6.45, 7) is 5.79. The van der Waals surface area contributed by atoms with E-state index in [1.54, 1.807) is 6.92 Å². The third-order valence-corrected chi connectivity index (χ3v) is 3.03. The van der Waals surface area contributed by atoms with Crippen molar-refractivity contribution in [3.63, 3.8) is 0 Å². The molecule has 1 heterocycles. The number of nitrogens with zero attached hydrogens (tertiary/aromatic N) is 1. The topological polar surface area (TPSA) is 67.2 Å². The van der Waals surface area contributed by atoms with Crippen LogP contribution in [0.4, 0.5) is 6.01 Å². The van der Waals surface area contributed by atoms with Crippen LogP contribution in [0, 0.1) is 0 Å². The minimum atomic E-state index is -0.387. The SMILES string of the molecule is CCC(C)NC(=O)C(C)Nc1nc2ccccc2o1. The van der Waals surface area contributed by atoms with Gasteiger partial charge in [0.25, 0.3) is 6.01 Å². The van der Waals surface area contributed by atoms with Crippen LogP contribution in [0.5, 0.6) is 0 Å². The highest BCUT2D eigenvalue weighted by atomic mass is 16.4. The van der Waals surface area contributed by atoms with Gasteiger partial charge in [0, 0.05) is 6.04 Å². The highest BCUT2D eigenvalue weighted by Gasteiger charge is 2.16. The molecule has 2 N–H and O–H groups in total. The monoisotopic (exact) mass is 261 g/mol. The first-order valence-electron chi connectivity index (χ1n) is 6.52. The number of carbonyl (C=O) groups excluding carboxylic acids is 1. The summed E-state index contributed by atoms with van der Waals surface area (Å²) in [5, 5.41) is 5.88. The zero-order chi connectivity index (χ0) is 13.8. The maximum atomic E-state index is 11.9. The molecule has 0 saturated heterocycles. The van der Waals surface area contributed by atoms with Crippen LogP contribution in [0.2, 0.25) is 0 Å². The predicted molar refractivity (Wildman–Crippen MR) is 75.0 cm³/mol. The molecular formula is C14H19N3O2. The molecular weight excluding hydrogens is 242 g/mol.